The van der Waals surface area contributed by atoms with Crippen molar-refractivity contribution in [3.05, 3.63) is 17.0 Å². The number of thiophene rings is 1. The fourth-order valence-electron chi connectivity index (χ4n) is 2.79. The Morgan fingerprint density at radius 2 is 1.95 bits per heavy atom. The summed E-state index contributed by atoms with van der Waals surface area (Å²) < 4.78 is 28.4. The minimum absolute atomic E-state index is 0.276. The lowest BCUT2D eigenvalue weighted by atomic mass is 9.84. The van der Waals surface area contributed by atoms with Gasteiger partial charge in [0.15, 0.2) is 0 Å². The van der Waals surface area contributed by atoms with Crippen molar-refractivity contribution in [1.29, 1.82) is 0 Å². The first-order valence-electron chi connectivity index (χ1n) is 7.79. The summed E-state index contributed by atoms with van der Waals surface area (Å²) in [5, 5.41) is 3.30. The number of sulfonamides is 1. The molecule has 0 bridgehead atoms. The van der Waals surface area contributed by atoms with Crippen molar-refractivity contribution in [3.8, 4) is 0 Å². The number of nitrogens with one attached hydrogen (secondary N) is 2. The molecule has 1 aliphatic carbocycles. The first-order valence-corrected chi connectivity index (χ1v) is 10.1. The first kappa shape index (κ1) is 16.9. The van der Waals surface area contributed by atoms with E-state index in [0.717, 1.165) is 50.1 Å². The van der Waals surface area contributed by atoms with Crippen LogP contribution in [0.4, 0.5) is 0 Å². The third-order valence-electron chi connectivity index (χ3n) is 3.97. The van der Waals surface area contributed by atoms with Gasteiger partial charge in [0.2, 0.25) is 0 Å². The number of hydrogen-bond donors (Lipinski definition) is 2. The van der Waals surface area contributed by atoms with Crippen molar-refractivity contribution in [2.45, 2.75) is 68.7 Å². The Kier molecular flexibility index (Phi) is 5.82. The normalized spacial score (nSPS) is 18.8. The highest BCUT2D eigenvalue weighted by Gasteiger charge is 2.32. The highest BCUT2D eigenvalue weighted by Crippen LogP contribution is 2.30. The third kappa shape index (κ3) is 4.77. The van der Waals surface area contributed by atoms with Crippen LogP contribution >= 0.6 is 11.3 Å². The molecule has 0 aliphatic heterocycles. The Labute approximate surface area is 132 Å². The summed E-state index contributed by atoms with van der Waals surface area (Å²) in [5.74, 6) is 0. The Morgan fingerprint density at radius 1 is 1.24 bits per heavy atom. The van der Waals surface area contributed by atoms with Gasteiger partial charge in [-0.1, -0.05) is 26.2 Å². The van der Waals surface area contributed by atoms with Crippen LogP contribution in [0.3, 0.4) is 0 Å². The van der Waals surface area contributed by atoms with E-state index in [4.69, 9.17) is 0 Å². The maximum atomic E-state index is 12.5. The van der Waals surface area contributed by atoms with Gasteiger partial charge in [-0.2, -0.15) is 0 Å². The maximum absolute atomic E-state index is 12.5. The van der Waals surface area contributed by atoms with E-state index in [-0.39, 0.29) is 5.54 Å². The van der Waals surface area contributed by atoms with Gasteiger partial charge in [0.05, 0.1) is 0 Å². The van der Waals surface area contributed by atoms with Crippen LogP contribution in [0.5, 0.6) is 0 Å². The van der Waals surface area contributed by atoms with Gasteiger partial charge in [-0.15, -0.1) is 11.3 Å². The minimum Gasteiger partial charge on any atom is -0.312 e. The van der Waals surface area contributed by atoms with Gasteiger partial charge in [-0.25, -0.2) is 13.1 Å². The summed E-state index contributed by atoms with van der Waals surface area (Å²) in [6.45, 7) is 5.84. The zero-order chi connectivity index (χ0) is 15.3. The largest absolute Gasteiger partial charge is 0.312 e. The molecule has 1 aromatic heterocycles. The lowest BCUT2D eigenvalue weighted by molar-refractivity contribution is 0.294. The summed E-state index contributed by atoms with van der Waals surface area (Å²) in [7, 11) is -3.39. The molecule has 2 rings (SSSR count). The second kappa shape index (κ2) is 7.22. The maximum Gasteiger partial charge on any atom is 0.250 e. The molecule has 21 heavy (non-hydrogen) atoms. The van der Waals surface area contributed by atoms with E-state index < -0.39 is 10.0 Å². The Balaban J connectivity index is 2.02. The smallest absolute Gasteiger partial charge is 0.250 e. The molecule has 4 nitrogen and oxygen atoms in total. The predicted molar refractivity (Wildman–Crippen MR) is 88.1 cm³/mol. The van der Waals surface area contributed by atoms with Crippen molar-refractivity contribution >= 4 is 21.4 Å². The van der Waals surface area contributed by atoms with E-state index in [2.05, 4.69) is 17.0 Å². The summed E-state index contributed by atoms with van der Waals surface area (Å²) in [6, 6.07) is 3.63. The van der Waals surface area contributed by atoms with Crippen molar-refractivity contribution in [3.63, 3.8) is 0 Å². The van der Waals surface area contributed by atoms with E-state index in [9.17, 15) is 8.42 Å². The molecular formula is C15H26N2O2S2. The molecule has 0 radical (unpaired) electrons. The Morgan fingerprint density at radius 3 is 2.62 bits per heavy atom. The van der Waals surface area contributed by atoms with Crippen molar-refractivity contribution < 1.29 is 8.42 Å². The van der Waals surface area contributed by atoms with Crippen LogP contribution in [0.2, 0.25) is 0 Å². The van der Waals surface area contributed by atoms with E-state index in [0.29, 0.717) is 4.21 Å². The van der Waals surface area contributed by atoms with E-state index in [1.54, 1.807) is 6.07 Å². The SMILES string of the molecule is CCCNCc1ccc(S(=O)(=O)NC2(C)CCCCC2)s1. The summed E-state index contributed by atoms with van der Waals surface area (Å²) in [4.78, 5) is 1.07. The second-order valence-corrected chi connectivity index (χ2v) is 9.20. The molecule has 6 heteroatoms. The molecule has 1 aromatic rings. The molecule has 0 atom stereocenters. The summed E-state index contributed by atoms with van der Waals surface area (Å²) in [5.41, 5.74) is -0.276. The Hall–Kier alpha value is -0.430. The standard InChI is InChI=1S/C15H26N2O2S2/c1-3-11-16-12-13-7-8-14(20-13)21(18,19)17-15(2)9-5-4-6-10-15/h7-8,16-17H,3-6,9-12H2,1-2H3. The molecule has 0 spiro atoms. The lowest BCUT2D eigenvalue weighted by Crippen LogP contribution is -2.46. The zero-order valence-corrected chi connectivity index (χ0v) is 14.6. The topological polar surface area (TPSA) is 58.2 Å². The lowest BCUT2D eigenvalue weighted by Gasteiger charge is -2.33. The van der Waals surface area contributed by atoms with Gasteiger partial charge < -0.3 is 5.32 Å². The summed E-state index contributed by atoms with van der Waals surface area (Å²) in [6.07, 6.45) is 6.37. The van der Waals surface area contributed by atoms with E-state index >= 15 is 0 Å². The van der Waals surface area contributed by atoms with Crippen LogP contribution in [0.15, 0.2) is 16.3 Å². The van der Waals surface area contributed by atoms with Crippen molar-refractivity contribution in [2.75, 3.05) is 6.54 Å². The second-order valence-electron chi connectivity index (χ2n) is 6.12. The average molecular weight is 331 g/mol. The Bertz CT molecular complexity index is 546. The third-order valence-corrected chi connectivity index (χ3v) is 7.18. The summed E-state index contributed by atoms with van der Waals surface area (Å²) >= 11 is 1.36. The van der Waals surface area contributed by atoms with E-state index in [1.807, 2.05) is 13.0 Å². The molecule has 0 amide bonds. The molecule has 120 valence electrons. The zero-order valence-electron chi connectivity index (χ0n) is 12.9. The molecule has 0 aromatic carbocycles. The quantitative estimate of drug-likeness (QED) is 0.755. The number of rotatable bonds is 7. The fraction of sp³-hybridized carbons (Fsp3) is 0.733. The fourth-order valence-corrected chi connectivity index (χ4v) is 5.59. The van der Waals surface area contributed by atoms with Crippen LogP contribution in [0.25, 0.3) is 0 Å². The van der Waals surface area contributed by atoms with Gasteiger partial charge in [0.1, 0.15) is 4.21 Å². The molecule has 1 saturated carbocycles. The van der Waals surface area contributed by atoms with E-state index in [1.165, 1.54) is 17.8 Å². The first-order chi connectivity index (χ1) is 9.95. The molecule has 0 saturated heterocycles. The van der Waals surface area contributed by atoms with Gasteiger partial charge in [0, 0.05) is 17.0 Å². The van der Waals surface area contributed by atoms with Crippen LogP contribution in [-0.2, 0) is 16.6 Å². The van der Waals surface area contributed by atoms with Crippen LogP contribution in [0.1, 0.15) is 57.2 Å². The monoisotopic (exact) mass is 330 g/mol. The minimum atomic E-state index is -3.39. The van der Waals surface area contributed by atoms with Crippen molar-refractivity contribution in [2.24, 2.45) is 0 Å². The van der Waals surface area contributed by atoms with Crippen LogP contribution in [-0.4, -0.2) is 20.5 Å². The van der Waals surface area contributed by atoms with Crippen LogP contribution in [0, 0.1) is 0 Å². The van der Waals surface area contributed by atoms with Crippen molar-refractivity contribution in [1.82, 2.24) is 10.0 Å². The van der Waals surface area contributed by atoms with Gasteiger partial charge >= 0.3 is 0 Å². The van der Waals surface area contributed by atoms with Crippen LogP contribution < -0.4 is 10.0 Å². The molecule has 0 unspecified atom stereocenters. The average Bonchev–Trinajstić information content (AvgIpc) is 2.88. The molecule has 1 heterocycles. The highest BCUT2D eigenvalue weighted by atomic mass is 32.2. The number of hydrogen-bond acceptors (Lipinski definition) is 4. The molecule has 2 N–H and O–H groups in total. The predicted octanol–water partition coefficient (Wildman–Crippen LogP) is 3.25. The molecule has 1 fully saturated rings. The molecular weight excluding hydrogens is 304 g/mol. The van der Waals surface area contributed by atoms with Gasteiger partial charge in [0.25, 0.3) is 10.0 Å². The molecule has 1 aliphatic rings. The highest BCUT2D eigenvalue weighted by molar-refractivity contribution is 7.91. The van der Waals surface area contributed by atoms with Gasteiger partial charge in [-0.05, 0) is 44.9 Å². The van der Waals surface area contributed by atoms with Gasteiger partial charge in [-0.3, -0.25) is 0 Å².